The highest BCUT2D eigenvalue weighted by atomic mass is 16.5. The zero-order valence-electron chi connectivity index (χ0n) is 10.1. The Morgan fingerprint density at radius 2 is 2.35 bits per heavy atom. The number of ether oxygens (including phenoxy) is 2. The van der Waals surface area contributed by atoms with Gasteiger partial charge in [0.25, 0.3) is 0 Å². The highest BCUT2D eigenvalue weighted by molar-refractivity contribution is 6.02. The molecule has 2 atom stereocenters. The molecule has 3 nitrogen and oxygen atoms in total. The fourth-order valence-corrected chi connectivity index (χ4v) is 1.99. The molecule has 1 heterocycles. The van der Waals surface area contributed by atoms with E-state index in [0.29, 0.717) is 23.5 Å². The van der Waals surface area contributed by atoms with Gasteiger partial charge in [0.1, 0.15) is 23.2 Å². The number of carbonyl (C=O) groups is 1. The molecule has 0 amide bonds. The Morgan fingerprint density at radius 3 is 3.00 bits per heavy atom. The van der Waals surface area contributed by atoms with Crippen LogP contribution in [0.2, 0.25) is 0 Å². The van der Waals surface area contributed by atoms with Gasteiger partial charge in [0.15, 0.2) is 5.78 Å². The molecule has 1 aromatic rings. The largest absolute Gasteiger partial charge is 0.496 e. The van der Waals surface area contributed by atoms with E-state index in [1.807, 2.05) is 19.1 Å². The van der Waals surface area contributed by atoms with Gasteiger partial charge in [-0.05, 0) is 12.1 Å². The average molecular weight is 232 g/mol. The predicted molar refractivity (Wildman–Crippen MR) is 65.7 cm³/mol. The summed E-state index contributed by atoms with van der Waals surface area (Å²) in [6.07, 6.45) is 2.06. The molecule has 0 fully saturated rings. The van der Waals surface area contributed by atoms with Gasteiger partial charge in [0.2, 0.25) is 0 Å². The number of Topliss-reactive ketones (excluding diaryl/α,β-unsaturated/α-hetero) is 1. The Balaban J connectivity index is 2.38. The van der Waals surface area contributed by atoms with E-state index in [1.54, 1.807) is 19.2 Å². The highest BCUT2D eigenvalue weighted by Gasteiger charge is 2.31. The average Bonchev–Trinajstić information content (AvgIpc) is 2.36. The molecule has 0 unspecified atom stereocenters. The second-order valence-corrected chi connectivity index (χ2v) is 4.21. The molecule has 0 radical (unpaired) electrons. The van der Waals surface area contributed by atoms with E-state index in [-0.39, 0.29) is 17.8 Å². The lowest BCUT2D eigenvalue weighted by molar-refractivity contribution is 0.0791. The lowest BCUT2D eigenvalue weighted by Gasteiger charge is -2.28. The van der Waals surface area contributed by atoms with Crippen LogP contribution in [0.3, 0.4) is 0 Å². The van der Waals surface area contributed by atoms with E-state index >= 15 is 0 Å². The van der Waals surface area contributed by atoms with Crippen LogP contribution < -0.4 is 9.47 Å². The molecule has 1 aromatic carbocycles. The van der Waals surface area contributed by atoms with Crippen LogP contribution in [-0.2, 0) is 0 Å². The van der Waals surface area contributed by atoms with Crippen LogP contribution in [0.15, 0.2) is 30.9 Å². The first kappa shape index (κ1) is 11.7. The minimum atomic E-state index is -0.125. The van der Waals surface area contributed by atoms with Gasteiger partial charge in [-0.3, -0.25) is 4.79 Å². The first-order valence-corrected chi connectivity index (χ1v) is 5.66. The van der Waals surface area contributed by atoms with Crippen LogP contribution in [-0.4, -0.2) is 19.0 Å². The van der Waals surface area contributed by atoms with Gasteiger partial charge in [-0.1, -0.05) is 19.1 Å². The maximum Gasteiger partial charge on any atom is 0.174 e. The lowest BCUT2D eigenvalue weighted by atomic mass is 9.93. The van der Waals surface area contributed by atoms with E-state index in [1.165, 1.54) is 0 Å². The van der Waals surface area contributed by atoms with E-state index in [4.69, 9.17) is 9.47 Å². The summed E-state index contributed by atoms with van der Waals surface area (Å²) >= 11 is 0. The Morgan fingerprint density at radius 1 is 1.59 bits per heavy atom. The van der Waals surface area contributed by atoms with Crippen LogP contribution in [0.25, 0.3) is 0 Å². The number of rotatable bonds is 3. The molecule has 1 aliphatic heterocycles. The van der Waals surface area contributed by atoms with Crippen molar-refractivity contribution in [2.24, 2.45) is 5.92 Å². The van der Waals surface area contributed by atoms with Gasteiger partial charge in [-0.2, -0.15) is 0 Å². The first-order valence-electron chi connectivity index (χ1n) is 5.66. The molecular weight excluding hydrogens is 216 g/mol. The van der Waals surface area contributed by atoms with Crippen molar-refractivity contribution in [2.75, 3.05) is 7.11 Å². The highest BCUT2D eigenvalue weighted by Crippen LogP contribution is 2.36. The minimum Gasteiger partial charge on any atom is -0.496 e. The normalized spacial score (nSPS) is 20.1. The second-order valence-electron chi connectivity index (χ2n) is 4.21. The van der Waals surface area contributed by atoms with Crippen LogP contribution in [0, 0.1) is 5.92 Å². The quantitative estimate of drug-likeness (QED) is 0.752. The Labute approximate surface area is 101 Å². The molecule has 0 spiro atoms. The Kier molecular flexibility index (Phi) is 3.18. The maximum absolute atomic E-state index is 12.1. The van der Waals surface area contributed by atoms with Crippen LogP contribution >= 0.6 is 0 Å². The SMILES string of the molecule is C=C[C@H](C)[C@@H]1CC(=O)c2c(OC)cccc2O1. The third-order valence-electron chi connectivity index (χ3n) is 3.11. The molecule has 3 heteroatoms. The number of fused-ring (bicyclic) bond motifs is 1. The van der Waals surface area contributed by atoms with E-state index in [0.717, 1.165) is 0 Å². The van der Waals surface area contributed by atoms with Crippen molar-refractivity contribution in [2.45, 2.75) is 19.4 Å². The van der Waals surface area contributed by atoms with Gasteiger partial charge in [-0.15, -0.1) is 6.58 Å². The number of hydrogen-bond acceptors (Lipinski definition) is 3. The molecule has 90 valence electrons. The van der Waals surface area contributed by atoms with Crippen molar-refractivity contribution in [3.8, 4) is 11.5 Å². The molecule has 0 bridgehead atoms. The maximum atomic E-state index is 12.1. The zero-order chi connectivity index (χ0) is 12.4. The van der Waals surface area contributed by atoms with Gasteiger partial charge in [-0.25, -0.2) is 0 Å². The number of ketones is 1. The van der Waals surface area contributed by atoms with Crippen LogP contribution in [0.1, 0.15) is 23.7 Å². The molecule has 1 aliphatic rings. The van der Waals surface area contributed by atoms with Crippen molar-refractivity contribution >= 4 is 5.78 Å². The molecule has 0 aromatic heterocycles. The van der Waals surface area contributed by atoms with Crippen molar-refractivity contribution in [1.82, 2.24) is 0 Å². The summed E-state index contributed by atoms with van der Waals surface area (Å²) in [5, 5.41) is 0. The van der Waals surface area contributed by atoms with Crippen molar-refractivity contribution in [3.05, 3.63) is 36.4 Å². The molecule has 0 N–H and O–H groups in total. The van der Waals surface area contributed by atoms with Gasteiger partial charge >= 0.3 is 0 Å². The summed E-state index contributed by atoms with van der Waals surface area (Å²) in [5.41, 5.74) is 0.558. The third-order valence-corrected chi connectivity index (χ3v) is 3.11. The number of methoxy groups -OCH3 is 1. The topological polar surface area (TPSA) is 35.5 Å². The molecule has 0 saturated heterocycles. The van der Waals surface area contributed by atoms with Gasteiger partial charge in [0, 0.05) is 12.3 Å². The second kappa shape index (κ2) is 4.62. The summed E-state index contributed by atoms with van der Waals surface area (Å²) in [6, 6.07) is 5.40. The first-order chi connectivity index (χ1) is 8.17. The standard InChI is InChI=1S/C14H16O3/c1-4-9(2)13-8-10(15)14-11(16-3)6-5-7-12(14)17-13/h4-7,9,13H,1,8H2,2-3H3/t9-,13-/m0/s1. The fraction of sp³-hybridized carbons (Fsp3) is 0.357. The van der Waals surface area contributed by atoms with Crippen molar-refractivity contribution < 1.29 is 14.3 Å². The zero-order valence-corrected chi connectivity index (χ0v) is 10.1. The summed E-state index contributed by atoms with van der Waals surface area (Å²) in [4.78, 5) is 12.1. The molecule has 0 aliphatic carbocycles. The van der Waals surface area contributed by atoms with E-state index in [9.17, 15) is 4.79 Å². The smallest absolute Gasteiger partial charge is 0.174 e. The molecule has 0 saturated carbocycles. The summed E-state index contributed by atoms with van der Waals surface area (Å²) in [6.45, 7) is 5.73. The summed E-state index contributed by atoms with van der Waals surface area (Å²) < 4.78 is 11.0. The lowest BCUT2D eigenvalue weighted by Crippen LogP contribution is -2.31. The Bertz CT molecular complexity index is 451. The van der Waals surface area contributed by atoms with Crippen molar-refractivity contribution in [1.29, 1.82) is 0 Å². The van der Waals surface area contributed by atoms with Crippen LogP contribution in [0.4, 0.5) is 0 Å². The third kappa shape index (κ3) is 2.05. The minimum absolute atomic E-state index is 0.0717. The van der Waals surface area contributed by atoms with E-state index in [2.05, 4.69) is 6.58 Å². The van der Waals surface area contributed by atoms with Crippen LogP contribution in [0.5, 0.6) is 11.5 Å². The summed E-state index contributed by atoms with van der Waals surface area (Å²) in [7, 11) is 1.56. The molecule has 2 rings (SSSR count). The number of hydrogen-bond donors (Lipinski definition) is 0. The fourth-order valence-electron chi connectivity index (χ4n) is 1.99. The molecule has 17 heavy (non-hydrogen) atoms. The van der Waals surface area contributed by atoms with Gasteiger partial charge in [0.05, 0.1) is 7.11 Å². The number of benzene rings is 1. The number of carbonyl (C=O) groups excluding carboxylic acids is 1. The predicted octanol–water partition coefficient (Wildman–Crippen LogP) is 2.85. The van der Waals surface area contributed by atoms with Gasteiger partial charge < -0.3 is 9.47 Å². The molecular formula is C14H16O3. The van der Waals surface area contributed by atoms with E-state index < -0.39 is 0 Å². The monoisotopic (exact) mass is 232 g/mol. The van der Waals surface area contributed by atoms with Crippen molar-refractivity contribution in [3.63, 3.8) is 0 Å². The summed E-state index contributed by atoms with van der Waals surface area (Å²) in [5.74, 6) is 1.41. The Hall–Kier alpha value is -1.77.